The monoisotopic (exact) mass is 229 g/mol. The maximum Gasteiger partial charge on any atom is 0.437 e. The number of halogens is 4. The van der Waals surface area contributed by atoms with Gasteiger partial charge in [-0.25, -0.2) is 4.68 Å². The minimum Gasteiger partial charge on any atom is -0.241 e. The fourth-order valence-electron chi connectivity index (χ4n) is 0.519. The van der Waals surface area contributed by atoms with Gasteiger partial charge in [-0.3, -0.25) is 0 Å². The Morgan fingerprint density at radius 2 is 2.00 bits per heavy atom. The minimum atomic E-state index is -4.44. The van der Waals surface area contributed by atoms with Crippen molar-refractivity contribution < 1.29 is 13.2 Å². The first-order chi connectivity index (χ1) is 4.93. The van der Waals surface area contributed by atoms with Crippen molar-refractivity contribution in [3.8, 4) is 0 Å². The van der Waals surface area contributed by atoms with Gasteiger partial charge in [-0.1, -0.05) is 5.21 Å². The van der Waals surface area contributed by atoms with Crippen molar-refractivity contribution in [1.29, 1.82) is 0 Å². The standard InChI is InChI=1S/C4H3BrF3N3/c1-11-3(5)2(9-10-11)4(6,7)8/h1H3. The maximum atomic E-state index is 11.9. The number of aryl methyl sites for hydroxylation is 1. The predicted molar refractivity (Wildman–Crippen MR) is 33.7 cm³/mol. The molecule has 1 aromatic heterocycles. The van der Waals surface area contributed by atoms with E-state index in [-0.39, 0.29) is 4.60 Å². The van der Waals surface area contributed by atoms with Gasteiger partial charge in [0.1, 0.15) is 4.60 Å². The second kappa shape index (κ2) is 2.47. The number of aromatic nitrogens is 3. The Balaban J connectivity index is 3.15. The van der Waals surface area contributed by atoms with E-state index in [1.54, 1.807) is 0 Å². The summed E-state index contributed by atoms with van der Waals surface area (Å²) in [5.74, 6) is 0. The second-order valence-corrected chi connectivity index (χ2v) is 2.60. The molecule has 0 bridgehead atoms. The molecule has 0 fully saturated rings. The molecule has 7 heteroatoms. The van der Waals surface area contributed by atoms with Crippen LogP contribution >= 0.6 is 15.9 Å². The van der Waals surface area contributed by atoms with Crippen molar-refractivity contribution in [3.05, 3.63) is 10.3 Å². The fourth-order valence-corrected chi connectivity index (χ4v) is 0.894. The molecule has 0 radical (unpaired) electrons. The maximum absolute atomic E-state index is 11.9. The van der Waals surface area contributed by atoms with Gasteiger partial charge < -0.3 is 0 Å². The molecule has 62 valence electrons. The fraction of sp³-hybridized carbons (Fsp3) is 0.500. The average Bonchev–Trinajstić information content (AvgIpc) is 2.11. The summed E-state index contributed by atoms with van der Waals surface area (Å²) >= 11 is 2.70. The summed E-state index contributed by atoms with van der Waals surface area (Å²) in [6.45, 7) is 0. The first-order valence-corrected chi connectivity index (χ1v) is 3.34. The zero-order valence-electron chi connectivity index (χ0n) is 5.35. The summed E-state index contributed by atoms with van der Waals surface area (Å²) in [6, 6.07) is 0. The summed E-state index contributed by atoms with van der Waals surface area (Å²) in [7, 11) is 1.37. The molecule has 1 rings (SSSR count). The molecule has 0 unspecified atom stereocenters. The molecule has 1 aromatic rings. The number of hydrogen-bond acceptors (Lipinski definition) is 2. The Morgan fingerprint density at radius 3 is 2.18 bits per heavy atom. The molecule has 0 aliphatic heterocycles. The quantitative estimate of drug-likeness (QED) is 0.677. The van der Waals surface area contributed by atoms with E-state index in [2.05, 4.69) is 26.2 Å². The molecule has 11 heavy (non-hydrogen) atoms. The molecule has 0 saturated heterocycles. The van der Waals surface area contributed by atoms with Crippen molar-refractivity contribution in [2.24, 2.45) is 7.05 Å². The van der Waals surface area contributed by atoms with E-state index in [9.17, 15) is 13.2 Å². The van der Waals surface area contributed by atoms with Gasteiger partial charge in [-0.15, -0.1) is 5.10 Å². The van der Waals surface area contributed by atoms with E-state index in [0.717, 1.165) is 4.68 Å². The molecule has 0 spiro atoms. The summed E-state index contributed by atoms with van der Waals surface area (Å²) in [4.78, 5) is 0. The smallest absolute Gasteiger partial charge is 0.241 e. The van der Waals surface area contributed by atoms with Gasteiger partial charge in [0.25, 0.3) is 0 Å². The van der Waals surface area contributed by atoms with E-state index in [4.69, 9.17) is 0 Å². The van der Waals surface area contributed by atoms with Crippen LogP contribution in [0, 0.1) is 0 Å². The third-order valence-corrected chi connectivity index (χ3v) is 1.92. The van der Waals surface area contributed by atoms with Crippen molar-refractivity contribution >= 4 is 15.9 Å². The van der Waals surface area contributed by atoms with Crippen molar-refractivity contribution in [2.75, 3.05) is 0 Å². The van der Waals surface area contributed by atoms with Gasteiger partial charge in [0, 0.05) is 7.05 Å². The van der Waals surface area contributed by atoms with Gasteiger partial charge in [-0.05, 0) is 15.9 Å². The number of hydrogen-bond donors (Lipinski definition) is 0. The lowest BCUT2D eigenvalue weighted by atomic mass is 10.5. The SMILES string of the molecule is Cn1nnc(C(F)(F)F)c1Br. The van der Waals surface area contributed by atoms with Crippen LogP contribution < -0.4 is 0 Å². The van der Waals surface area contributed by atoms with Crippen LogP contribution in [0.1, 0.15) is 5.69 Å². The molecule has 3 nitrogen and oxygen atoms in total. The van der Waals surface area contributed by atoms with E-state index in [1.165, 1.54) is 7.05 Å². The first kappa shape index (κ1) is 8.51. The third-order valence-electron chi connectivity index (χ3n) is 1.03. The summed E-state index contributed by atoms with van der Waals surface area (Å²) in [6.07, 6.45) is -4.44. The van der Waals surface area contributed by atoms with Gasteiger partial charge in [0.2, 0.25) is 5.69 Å². The number of nitrogens with zero attached hydrogens (tertiary/aromatic N) is 3. The molecule has 0 amide bonds. The van der Waals surface area contributed by atoms with E-state index in [1.807, 2.05) is 0 Å². The highest BCUT2D eigenvalue weighted by molar-refractivity contribution is 9.10. The van der Waals surface area contributed by atoms with Crippen LogP contribution in [-0.2, 0) is 13.2 Å². The van der Waals surface area contributed by atoms with E-state index >= 15 is 0 Å². The zero-order chi connectivity index (χ0) is 8.65. The van der Waals surface area contributed by atoms with Crippen molar-refractivity contribution in [2.45, 2.75) is 6.18 Å². The Kier molecular flexibility index (Phi) is 1.91. The van der Waals surface area contributed by atoms with Crippen LogP contribution in [0.4, 0.5) is 13.2 Å². The molecule has 0 aliphatic rings. The van der Waals surface area contributed by atoms with Crippen LogP contribution in [0.3, 0.4) is 0 Å². The largest absolute Gasteiger partial charge is 0.437 e. The molecule has 0 aliphatic carbocycles. The summed E-state index contributed by atoms with van der Waals surface area (Å²) in [5, 5.41) is 6.11. The molecular formula is C4H3BrF3N3. The normalized spacial score (nSPS) is 12.1. The average molecular weight is 230 g/mol. The molecule has 0 atom stereocenters. The lowest BCUT2D eigenvalue weighted by Gasteiger charge is -2.00. The zero-order valence-corrected chi connectivity index (χ0v) is 6.94. The van der Waals surface area contributed by atoms with Crippen LogP contribution in [0.5, 0.6) is 0 Å². The lowest BCUT2D eigenvalue weighted by molar-refractivity contribution is -0.141. The van der Waals surface area contributed by atoms with Gasteiger partial charge >= 0.3 is 6.18 Å². The molecular weight excluding hydrogens is 227 g/mol. The lowest BCUT2D eigenvalue weighted by Crippen LogP contribution is -2.06. The summed E-state index contributed by atoms with van der Waals surface area (Å²) in [5.41, 5.74) is -1.000. The number of rotatable bonds is 0. The van der Waals surface area contributed by atoms with Crippen LogP contribution in [-0.4, -0.2) is 15.0 Å². The van der Waals surface area contributed by atoms with Gasteiger partial charge in [0.05, 0.1) is 0 Å². The van der Waals surface area contributed by atoms with E-state index < -0.39 is 11.9 Å². The third kappa shape index (κ3) is 1.52. The highest BCUT2D eigenvalue weighted by atomic mass is 79.9. The van der Waals surface area contributed by atoms with Crippen molar-refractivity contribution in [3.63, 3.8) is 0 Å². The molecule has 0 N–H and O–H groups in total. The van der Waals surface area contributed by atoms with Crippen LogP contribution in [0.15, 0.2) is 4.60 Å². The van der Waals surface area contributed by atoms with Gasteiger partial charge in [0.15, 0.2) is 0 Å². The number of alkyl halides is 3. The second-order valence-electron chi connectivity index (χ2n) is 1.85. The molecule has 1 heterocycles. The Bertz CT molecular complexity index is 266. The highest BCUT2D eigenvalue weighted by Gasteiger charge is 2.37. The predicted octanol–water partition coefficient (Wildman–Crippen LogP) is 1.60. The first-order valence-electron chi connectivity index (χ1n) is 2.55. The Hall–Kier alpha value is -0.590. The molecule has 0 aromatic carbocycles. The van der Waals surface area contributed by atoms with E-state index in [0.29, 0.717) is 0 Å². The summed E-state index contributed by atoms with van der Waals surface area (Å²) < 4.78 is 36.6. The topological polar surface area (TPSA) is 30.7 Å². The minimum absolute atomic E-state index is 0.162. The van der Waals surface area contributed by atoms with Crippen LogP contribution in [0.25, 0.3) is 0 Å². The Labute approximate surface area is 68.3 Å². The van der Waals surface area contributed by atoms with Gasteiger partial charge in [-0.2, -0.15) is 13.2 Å². The Morgan fingerprint density at radius 1 is 1.45 bits per heavy atom. The molecule has 0 saturated carbocycles. The highest BCUT2D eigenvalue weighted by Crippen LogP contribution is 2.32. The van der Waals surface area contributed by atoms with Crippen molar-refractivity contribution in [1.82, 2.24) is 15.0 Å². The van der Waals surface area contributed by atoms with Crippen LogP contribution in [0.2, 0.25) is 0 Å².